The molecule has 0 atom stereocenters. The number of hydrogen-bond donors (Lipinski definition) is 1. The third-order valence-corrected chi connectivity index (χ3v) is 3.60. The highest BCUT2D eigenvalue weighted by atomic mass is 79.9. The maximum atomic E-state index is 9.25. The first-order chi connectivity index (χ1) is 9.02. The highest BCUT2D eigenvalue weighted by Gasteiger charge is 2.12. The average Bonchev–Trinajstić information content (AvgIpc) is 2.37. The van der Waals surface area contributed by atoms with Gasteiger partial charge in [0.25, 0.3) is 0 Å². The number of halogens is 1. The molecule has 1 N–H and O–H groups in total. The van der Waals surface area contributed by atoms with Crippen molar-refractivity contribution in [2.75, 3.05) is 5.32 Å². The second-order valence-corrected chi connectivity index (χ2v) is 5.21. The van der Waals surface area contributed by atoms with E-state index in [0.29, 0.717) is 11.4 Å². The molecule has 0 unspecified atom stereocenters. The maximum absolute atomic E-state index is 9.25. The summed E-state index contributed by atoms with van der Waals surface area (Å²) in [4.78, 5) is 0. The van der Waals surface area contributed by atoms with Gasteiger partial charge in [-0.2, -0.15) is 10.4 Å². The molecular formula is C14H13BrN4. The maximum Gasteiger partial charge on any atom is 0.171 e. The van der Waals surface area contributed by atoms with Crippen LogP contribution >= 0.6 is 15.9 Å². The first kappa shape index (κ1) is 13.5. The van der Waals surface area contributed by atoms with Crippen molar-refractivity contribution in [3.8, 4) is 6.07 Å². The smallest absolute Gasteiger partial charge is 0.171 e. The Balaban J connectivity index is 2.44. The molecule has 5 heteroatoms. The molecule has 0 spiro atoms. The minimum Gasteiger partial charge on any atom is -0.337 e. The number of benzene rings is 1. The number of nitrogens with zero attached hydrogens (tertiary/aromatic N) is 3. The van der Waals surface area contributed by atoms with Gasteiger partial charge in [0.15, 0.2) is 5.82 Å². The van der Waals surface area contributed by atoms with E-state index < -0.39 is 0 Å². The number of hydrogen-bond acceptors (Lipinski definition) is 4. The van der Waals surface area contributed by atoms with Gasteiger partial charge in [0, 0.05) is 4.47 Å². The predicted molar refractivity (Wildman–Crippen MR) is 78.4 cm³/mol. The second-order valence-electron chi connectivity index (χ2n) is 4.35. The van der Waals surface area contributed by atoms with Crippen molar-refractivity contribution in [2.45, 2.75) is 20.8 Å². The molecule has 0 aliphatic carbocycles. The van der Waals surface area contributed by atoms with Crippen LogP contribution in [0.4, 0.5) is 11.5 Å². The SMILES string of the molecule is Cc1ccc(Nc2nnc(C)c(C)c2C#N)c(Br)c1. The summed E-state index contributed by atoms with van der Waals surface area (Å²) in [5.41, 5.74) is 4.16. The molecule has 4 nitrogen and oxygen atoms in total. The van der Waals surface area contributed by atoms with Gasteiger partial charge in [0.1, 0.15) is 11.6 Å². The highest BCUT2D eigenvalue weighted by Crippen LogP contribution is 2.28. The summed E-state index contributed by atoms with van der Waals surface area (Å²) in [6, 6.07) is 8.11. The number of aromatic nitrogens is 2. The summed E-state index contributed by atoms with van der Waals surface area (Å²) in [5, 5.41) is 20.5. The van der Waals surface area contributed by atoms with E-state index in [4.69, 9.17) is 0 Å². The van der Waals surface area contributed by atoms with E-state index in [1.807, 2.05) is 39.0 Å². The van der Waals surface area contributed by atoms with Gasteiger partial charge in [-0.1, -0.05) is 6.07 Å². The molecule has 1 heterocycles. The Hall–Kier alpha value is -1.93. The number of anilines is 2. The fourth-order valence-electron chi connectivity index (χ4n) is 1.68. The minimum atomic E-state index is 0.482. The van der Waals surface area contributed by atoms with Crippen LogP contribution in [0.2, 0.25) is 0 Å². The van der Waals surface area contributed by atoms with Crippen molar-refractivity contribution in [1.82, 2.24) is 10.2 Å². The molecule has 2 rings (SSSR count). The molecular weight excluding hydrogens is 304 g/mol. The molecule has 0 aliphatic heterocycles. The van der Waals surface area contributed by atoms with Crippen LogP contribution in [0.25, 0.3) is 0 Å². The molecule has 0 amide bonds. The number of aryl methyl sites for hydroxylation is 2. The molecule has 0 saturated heterocycles. The lowest BCUT2D eigenvalue weighted by Gasteiger charge is -2.11. The third-order valence-electron chi connectivity index (χ3n) is 2.94. The summed E-state index contributed by atoms with van der Waals surface area (Å²) in [6.45, 7) is 5.73. The molecule has 0 radical (unpaired) electrons. The lowest BCUT2D eigenvalue weighted by molar-refractivity contribution is 0.960. The fraction of sp³-hybridized carbons (Fsp3) is 0.214. The molecule has 1 aromatic carbocycles. The van der Waals surface area contributed by atoms with Crippen LogP contribution in [0, 0.1) is 32.1 Å². The van der Waals surface area contributed by atoms with E-state index in [1.54, 1.807) is 0 Å². The van der Waals surface area contributed by atoms with Gasteiger partial charge in [-0.15, -0.1) is 5.10 Å². The molecule has 96 valence electrons. The molecule has 2 aromatic rings. The third kappa shape index (κ3) is 2.74. The summed E-state index contributed by atoms with van der Waals surface area (Å²) >= 11 is 3.49. The van der Waals surface area contributed by atoms with E-state index in [1.165, 1.54) is 0 Å². The van der Waals surface area contributed by atoms with Gasteiger partial charge in [-0.05, 0) is 60.0 Å². The average molecular weight is 317 g/mol. The van der Waals surface area contributed by atoms with E-state index in [-0.39, 0.29) is 0 Å². The first-order valence-electron chi connectivity index (χ1n) is 5.80. The monoisotopic (exact) mass is 316 g/mol. The lowest BCUT2D eigenvalue weighted by Crippen LogP contribution is -2.04. The van der Waals surface area contributed by atoms with Gasteiger partial charge in [0.05, 0.1) is 11.4 Å². The Morgan fingerprint density at radius 2 is 1.95 bits per heavy atom. The van der Waals surface area contributed by atoms with Gasteiger partial charge in [-0.25, -0.2) is 0 Å². The Bertz CT molecular complexity index is 674. The topological polar surface area (TPSA) is 61.6 Å². The normalized spacial score (nSPS) is 10.1. The van der Waals surface area contributed by atoms with Crippen LogP contribution in [-0.2, 0) is 0 Å². The van der Waals surface area contributed by atoms with Crippen molar-refractivity contribution in [3.63, 3.8) is 0 Å². The highest BCUT2D eigenvalue weighted by molar-refractivity contribution is 9.10. The minimum absolute atomic E-state index is 0.482. The standard InChI is InChI=1S/C14H13BrN4/c1-8-4-5-13(12(15)6-8)17-14-11(7-16)9(2)10(3)18-19-14/h4-6H,1-3H3,(H,17,19). The number of nitrogens with one attached hydrogen (secondary N) is 1. The first-order valence-corrected chi connectivity index (χ1v) is 6.59. The van der Waals surface area contributed by atoms with Crippen molar-refractivity contribution >= 4 is 27.4 Å². The molecule has 0 saturated carbocycles. The van der Waals surface area contributed by atoms with E-state index in [0.717, 1.165) is 27.0 Å². The molecule has 19 heavy (non-hydrogen) atoms. The van der Waals surface area contributed by atoms with E-state index >= 15 is 0 Å². The molecule has 0 aliphatic rings. The summed E-state index contributed by atoms with van der Waals surface area (Å²) < 4.78 is 0.927. The Labute approximate surface area is 120 Å². The van der Waals surface area contributed by atoms with Crippen molar-refractivity contribution < 1.29 is 0 Å². The van der Waals surface area contributed by atoms with Crippen LogP contribution in [0.15, 0.2) is 22.7 Å². The summed E-state index contributed by atoms with van der Waals surface area (Å²) in [5.74, 6) is 0.482. The van der Waals surface area contributed by atoms with Crippen LogP contribution in [0.1, 0.15) is 22.4 Å². The van der Waals surface area contributed by atoms with Crippen molar-refractivity contribution in [1.29, 1.82) is 5.26 Å². The zero-order chi connectivity index (χ0) is 14.0. The largest absolute Gasteiger partial charge is 0.337 e. The predicted octanol–water partition coefficient (Wildman–Crippen LogP) is 3.78. The van der Waals surface area contributed by atoms with Crippen LogP contribution < -0.4 is 5.32 Å². The van der Waals surface area contributed by atoms with Crippen LogP contribution in [0.3, 0.4) is 0 Å². The number of rotatable bonds is 2. The van der Waals surface area contributed by atoms with Gasteiger partial charge < -0.3 is 5.32 Å². The Morgan fingerprint density at radius 3 is 2.58 bits per heavy atom. The van der Waals surface area contributed by atoms with Crippen LogP contribution in [-0.4, -0.2) is 10.2 Å². The molecule has 1 aromatic heterocycles. The second kappa shape index (κ2) is 5.37. The van der Waals surface area contributed by atoms with E-state index in [9.17, 15) is 5.26 Å². The van der Waals surface area contributed by atoms with Gasteiger partial charge in [-0.3, -0.25) is 0 Å². The Morgan fingerprint density at radius 1 is 1.21 bits per heavy atom. The molecule has 0 fully saturated rings. The molecule has 0 bridgehead atoms. The lowest BCUT2D eigenvalue weighted by atomic mass is 10.1. The fourth-order valence-corrected chi connectivity index (χ4v) is 2.27. The summed E-state index contributed by atoms with van der Waals surface area (Å²) in [6.07, 6.45) is 0. The van der Waals surface area contributed by atoms with Crippen molar-refractivity contribution in [2.24, 2.45) is 0 Å². The van der Waals surface area contributed by atoms with Crippen LogP contribution in [0.5, 0.6) is 0 Å². The Kier molecular flexibility index (Phi) is 3.82. The van der Waals surface area contributed by atoms with Gasteiger partial charge in [0.2, 0.25) is 0 Å². The summed E-state index contributed by atoms with van der Waals surface area (Å²) in [7, 11) is 0. The zero-order valence-electron chi connectivity index (χ0n) is 11.0. The quantitative estimate of drug-likeness (QED) is 0.915. The van der Waals surface area contributed by atoms with Crippen molar-refractivity contribution in [3.05, 3.63) is 45.1 Å². The van der Waals surface area contributed by atoms with E-state index in [2.05, 4.69) is 37.5 Å². The van der Waals surface area contributed by atoms with Gasteiger partial charge >= 0.3 is 0 Å². The zero-order valence-corrected chi connectivity index (χ0v) is 12.5. The number of nitriles is 1.